The zero-order chi connectivity index (χ0) is 20.0. The Morgan fingerprint density at radius 3 is 2.59 bits per heavy atom. The van der Waals surface area contributed by atoms with E-state index in [1.54, 1.807) is 16.7 Å². The Morgan fingerprint density at radius 2 is 1.96 bits per heavy atom. The number of thioether (sulfide) groups is 1. The average molecular weight is 391 g/mol. The molecular formula is C19H26N4O3S. The molecule has 0 unspecified atom stereocenters. The van der Waals surface area contributed by atoms with Crippen molar-refractivity contribution in [2.75, 3.05) is 25.4 Å². The van der Waals surface area contributed by atoms with Crippen LogP contribution in [0.1, 0.15) is 33.7 Å². The minimum atomic E-state index is -0.180. The lowest BCUT2D eigenvalue weighted by atomic mass is 10.2. The maximum atomic E-state index is 12.8. The molecule has 0 aliphatic rings. The maximum Gasteiger partial charge on any atom is 0.262 e. The molecular weight excluding hydrogens is 364 g/mol. The van der Waals surface area contributed by atoms with Gasteiger partial charge in [-0.25, -0.2) is 4.98 Å². The van der Waals surface area contributed by atoms with E-state index in [9.17, 15) is 14.4 Å². The number of carbonyl (C=O) groups is 2. The van der Waals surface area contributed by atoms with Crippen LogP contribution in [0, 0.1) is 0 Å². The fraction of sp³-hybridized carbons (Fsp3) is 0.474. The van der Waals surface area contributed by atoms with Crippen LogP contribution in [-0.2, 0) is 9.59 Å². The maximum absolute atomic E-state index is 12.8. The summed E-state index contributed by atoms with van der Waals surface area (Å²) in [6.07, 6.45) is 0. The molecule has 1 aromatic carbocycles. The molecule has 2 rings (SSSR count). The van der Waals surface area contributed by atoms with Crippen molar-refractivity contribution in [1.82, 2.24) is 19.8 Å². The molecule has 0 saturated heterocycles. The Hall–Kier alpha value is -2.35. The zero-order valence-electron chi connectivity index (χ0n) is 16.2. The number of carbonyl (C=O) groups excluding carboxylic acids is 2. The van der Waals surface area contributed by atoms with Crippen molar-refractivity contribution in [2.45, 2.75) is 38.9 Å². The lowest BCUT2D eigenvalue weighted by Crippen LogP contribution is -2.41. The molecule has 7 nitrogen and oxygen atoms in total. The summed E-state index contributed by atoms with van der Waals surface area (Å²) in [6.45, 7) is 8.50. The number of likely N-dealkylation sites (N-methyl/N-ethyl adjacent to an activating group) is 2. The van der Waals surface area contributed by atoms with E-state index in [0.717, 1.165) is 0 Å². The van der Waals surface area contributed by atoms with E-state index in [4.69, 9.17) is 0 Å². The van der Waals surface area contributed by atoms with Crippen molar-refractivity contribution in [3.8, 4) is 0 Å². The summed E-state index contributed by atoms with van der Waals surface area (Å²) in [5.74, 6) is -0.225. The van der Waals surface area contributed by atoms with Gasteiger partial charge in [0.1, 0.15) is 0 Å². The Balaban J connectivity index is 2.22. The van der Waals surface area contributed by atoms with Gasteiger partial charge in [-0.05, 0) is 39.8 Å². The fourth-order valence-electron chi connectivity index (χ4n) is 2.70. The highest BCUT2D eigenvalue weighted by molar-refractivity contribution is 7.99. The molecule has 1 N–H and O–H groups in total. The molecule has 146 valence electrons. The zero-order valence-corrected chi connectivity index (χ0v) is 17.0. The third-order valence-corrected chi connectivity index (χ3v) is 5.00. The normalized spacial score (nSPS) is 11.0. The first-order valence-corrected chi connectivity index (χ1v) is 10.1. The number of nitrogens with zero attached hydrogens (tertiary/aromatic N) is 3. The largest absolute Gasteiger partial charge is 0.355 e. The summed E-state index contributed by atoms with van der Waals surface area (Å²) in [5, 5.41) is 3.77. The predicted octanol–water partition coefficient (Wildman–Crippen LogP) is 2.05. The van der Waals surface area contributed by atoms with Crippen LogP contribution in [0.25, 0.3) is 10.9 Å². The van der Waals surface area contributed by atoms with Crippen LogP contribution < -0.4 is 10.9 Å². The van der Waals surface area contributed by atoms with Crippen LogP contribution >= 0.6 is 11.8 Å². The SMILES string of the molecule is CCNC(=O)CN(CC)C(=O)CSc1nc2ccccc2c(=O)n1C(C)C. The van der Waals surface area contributed by atoms with Crippen LogP contribution in [0.15, 0.2) is 34.2 Å². The van der Waals surface area contributed by atoms with E-state index in [0.29, 0.717) is 29.1 Å². The van der Waals surface area contributed by atoms with E-state index in [1.807, 2.05) is 39.8 Å². The molecule has 8 heteroatoms. The van der Waals surface area contributed by atoms with Crippen molar-refractivity contribution in [1.29, 1.82) is 0 Å². The average Bonchev–Trinajstić information content (AvgIpc) is 2.64. The molecule has 1 aromatic heterocycles. The number of para-hydroxylation sites is 1. The third kappa shape index (κ3) is 5.09. The quantitative estimate of drug-likeness (QED) is 0.551. The van der Waals surface area contributed by atoms with Gasteiger partial charge in [-0.3, -0.25) is 19.0 Å². The van der Waals surface area contributed by atoms with E-state index in [-0.39, 0.29) is 35.7 Å². The number of hydrogen-bond acceptors (Lipinski definition) is 5. The molecule has 1 heterocycles. The highest BCUT2D eigenvalue weighted by atomic mass is 32.2. The van der Waals surface area contributed by atoms with Crippen molar-refractivity contribution in [3.63, 3.8) is 0 Å². The van der Waals surface area contributed by atoms with Crippen LogP contribution in [0.2, 0.25) is 0 Å². The van der Waals surface area contributed by atoms with Gasteiger partial charge in [-0.15, -0.1) is 0 Å². The van der Waals surface area contributed by atoms with Gasteiger partial charge in [-0.1, -0.05) is 23.9 Å². The van der Waals surface area contributed by atoms with Gasteiger partial charge in [0.25, 0.3) is 5.56 Å². The standard InChI is InChI=1S/C19H26N4O3S/c1-5-20-16(24)11-22(6-2)17(25)12-27-19-21-15-10-8-7-9-14(15)18(26)23(19)13(3)4/h7-10,13H,5-6,11-12H2,1-4H3,(H,20,24). The second-order valence-corrected chi connectivity index (χ2v) is 7.27. The van der Waals surface area contributed by atoms with Crippen molar-refractivity contribution < 1.29 is 9.59 Å². The Kier molecular flexibility index (Phi) is 7.41. The molecule has 0 bridgehead atoms. The van der Waals surface area contributed by atoms with Crippen molar-refractivity contribution in [3.05, 3.63) is 34.6 Å². The molecule has 2 aromatic rings. The summed E-state index contributed by atoms with van der Waals surface area (Å²) < 4.78 is 1.61. The summed E-state index contributed by atoms with van der Waals surface area (Å²) in [6, 6.07) is 7.12. The minimum absolute atomic E-state index is 0.0336. The third-order valence-electron chi connectivity index (χ3n) is 4.06. The Labute approximate surface area is 163 Å². The first-order chi connectivity index (χ1) is 12.9. The molecule has 0 atom stereocenters. The number of fused-ring (bicyclic) bond motifs is 1. The lowest BCUT2D eigenvalue weighted by Gasteiger charge is -2.21. The van der Waals surface area contributed by atoms with Gasteiger partial charge in [0, 0.05) is 19.1 Å². The van der Waals surface area contributed by atoms with Crippen LogP contribution in [0.5, 0.6) is 0 Å². The van der Waals surface area contributed by atoms with E-state index in [2.05, 4.69) is 10.3 Å². The van der Waals surface area contributed by atoms with Crippen LogP contribution in [0.4, 0.5) is 0 Å². The monoisotopic (exact) mass is 390 g/mol. The smallest absolute Gasteiger partial charge is 0.262 e. The molecule has 0 saturated carbocycles. The van der Waals surface area contributed by atoms with E-state index in [1.165, 1.54) is 16.7 Å². The summed E-state index contributed by atoms with van der Waals surface area (Å²) >= 11 is 1.23. The molecule has 2 amide bonds. The predicted molar refractivity (Wildman–Crippen MR) is 108 cm³/mol. The lowest BCUT2D eigenvalue weighted by molar-refractivity contribution is -0.133. The summed E-state index contributed by atoms with van der Waals surface area (Å²) in [5.41, 5.74) is 0.504. The first kappa shape index (κ1) is 21.0. The fourth-order valence-corrected chi connectivity index (χ4v) is 3.73. The van der Waals surface area contributed by atoms with Gasteiger partial charge in [0.05, 0.1) is 23.2 Å². The van der Waals surface area contributed by atoms with Gasteiger partial charge in [0.15, 0.2) is 5.16 Å². The van der Waals surface area contributed by atoms with E-state index >= 15 is 0 Å². The molecule has 0 spiro atoms. The number of rotatable bonds is 8. The van der Waals surface area contributed by atoms with Crippen molar-refractivity contribution in [2.24, 2.45) is 0 Å². The van der Waals surface area contributed by atoms with Crippen LogP contribution in [-0.4, -0.2) is 51.7 Å². The number of benzene rings is 1. The number of amides is 2. The second kappa shape index (κ2) is 9.55. The minimum Gasteiger partial charge on any atom is -0.355 e. The summed E-state index contributed by atoms with van der Waals surface area (Å²) in [7, 11) is 0. The highest BCUT2D eigenvalue weighted by Crippen LogP contribution is 2.21. The van der Waals surface area contributed by atoms with Gasteiger partial charge in [-0.2, -0.15) is 0 Å². The van der Waals surface area contributed by atoms with Crippen molar-refractivity contribution >= 4 is 34.5 Å². The Bertz CT molecular complexity index is 879. The van der Waals surface area contributed by atoms with Gasteiger partial charge in [0.2, 0.25) is 11.8 Å². The molecule has 0 aliphatic carbocycles. The number of hydrogen-bond donors (Lipinski definition) is 1. The molecule has 0 radical (unpaired) electrons. The van der Waals surface area contributed by atoms with E-state index < -0.39 is 0 Å². The van der Waals surface area contributed by atoms with Gasteiger partial charge >= 0.3 is 0 Å². The summed E-state index contributed by atoms with van der Waals surface area (Å²) in [4.78, 5) is 43.2. The second-order valence-electron chi connectivity index (χ2n) is 6.33. The topological polar surface area (TPSA) is 84.3 Å². The molecule has 27 heavy (non-hydrogen) atoms. The molecule has 0 fully saturated rings. The number of nitrogens with one attached hydrogen (secondary N) is 1. The first-order valence-electron chi connectivity index (χ1n) is 9.07. The van der Waals surface area contributed by atoms with Crippen LogP contribution in [0.3, 0.4) is 0 Å². The van der Waals surface area contributed by atoms with Gasteiger partial charge < -0.3 is 10.2 Å². The highest BCUT2D eigenvalue weighted by Gasteiger charge is 2.19. The Morgan fingerprint density at radius 1 is 1.26 bits per heavy atom. The molecule has 0 aliphatic heterocycles. The number of aromatic nitrogens is 2.